The van der Waals surface area contributed by atoms with Gasteiger partial charge in [0.2, 0.25) is 0 Å². The van der Waals surface area contributed by atoms with Crippen molar-refractivity contribution < 1.29 is 9.13 Å². The van der Waals surface area contributed by atoms with Crippen LogP contribution in [0.25, 0.3) is 0 Å². The van der Waals surface area contributed by atoms with E-state index in [9.17, 15) is 4.39 Å². The Hall–Kier alpha value is -1.60. The molecule has 0 saturated heterocycles. The first-order chi connectivity index (χ1) is 8.15. The minimum atomic E-state index is -0.375. The number of hydrogen-bond acceptors (Lipinski definition) is 3. The third-order valence-corrected chi connectivity index (χ3v) is 2.27. The molecule has 0 aliphatic rings. The fourth-order valence-electron chi connectivity index (χ4n) is 1.55. The van der Waals surface area contributed by atoms with Crippen molar-refractivity contribution in [2.75, 3.05) is 6.61 Å². The molecule has 0 aromatic heterocycles. The van der Waals surface area contributed by atoms with E-state index in [1.165, 1.54) is 6.07 Å². The second-order valence-corrected chi connectivity index (χ2v) is 4.02. The zero-order chi connectivity index (χ0) is 12.7. The van der Waals surface area contributed by atoms with Crippen molar-refractivity contribution in [3.8, 4) is 11.8 Å². The van der Waals surface area contributed by atoms with Crippen LogP contribution in [0.1, 0.15) is 25.3 Å². The molecule has 0 saturated carbocycles. The Balaban J connectivity index is 2.70. The summed E-state index contributed by atoms with van der Waals surface area (Å²) in [6.45, 7) is 2.21. The molecule has 1 aromatic carbocycles. The fraction of sp³-hybridized carbons (Fsp3) is 0.462. The topological polar surface area (TPSA) is 59.0 Å². The van der Waals surface area contributed by atoms with E-state index in [1.54, 1.807) is 6.07 Å². The van der Waals surface area contributed by atoms with Crippen molar-refractivity contribution in [1.29, 1.82) is 5.26 Å². The molecule has 0 heterocycles. The molecule has 17 heavy (non-hydrogen) atoms. The van der Waals surface area contributed by atoms with Crippen LogP contribution in [0.5, 0.6) is 5.75 Å². The Labute approximate surface area is 101 Å². The number of nitrogens with zero attached hydrogens (tertiary/aromatic N) is 1. The highest BCUT2D eigenvalue weighted by Crippen LogP contribution is 2.24. The Bertz CT molecular complexity index is 399. The Morgan fingerprint density at radius 2 is 2.29 bits per heavy atom. The van der Waals surface area contributed by atoms with Gasteiger partial charge in [-0.05, 0) is 31.4 Å². The second kappa shape index (κ2) is 6.87. The second-order valence-electron chi connectivity index (χ2n) is 4.02. The number of hydrogen-bond donors (Lipinski definition) is 1. The van der Waals surface area contributed by atoms with Gasteiger partial charge < -0.3 is 10.5 Å². The molecule has 0 spiro atoms. The lowest BCUT2D eigenvalue weighted by molar-refractivity contribution is 0.293. The summed E-state index contributed by atoms with van der Waals surface area (Å²) in [7, 11) is 0. The van der Waals surface area contributed by atoms with Gasteiger partial charge in [-0.2, -0.15) is 5.26 Å². The molecule has 0 radical (unpaired) electrons. The highest BCUT2D eigenvalue weighted by Gasteiger charge is 2.11. The average Bonchev–Trinajstić information content (AvgIpc) is 2.26. The smallest absolute Gasteiger partial charge is 0.165 e. The van der Waals surface area contributed by atoms with Crippen molar-refractivity contribution in [2.45, 2.75) is 32.2 Å². The number of rotatable bonds is 6. The predicted molar refractivity (Wildman–Crippen MR) is 64.1 cm³/mol. The van der Waals surface area contributed by atoms with Gasteiger partial charge in [-0.3, -0.25) is 0 Å². The normalized spacial score (nSPS) is 11.9. The first kappa shape index (κ1) is 13.5. The molecule has 0 aliphatic carbocycles. The van der Waals surface area contributed by atoms with Crippen LogP contribution in [-0.2, 0) is 6.42 Å². The fourth-order valence-corrected chi connectivity index (χ4v) is 1.55. The maximum absolute atomic E-state index is 13.6. The lowest BCUT2D eigenvalue weighted by atomic mass is 10.1. The minimum Gasteiger partial charge on any atom is -0.490 e. The largest absolute Gasteiger partial charge is 0.490 e. The molecular weight excluding hydrogens is 219 g/mol. The lowest BCUT2D eigenvalue weighted by Gasteiger charge is -2.13. The molecule has 0 amide bonds. The molecule has 0 aliphatic heterocycles. The number of nitriles is 1. The third-order valence-electron chi connectivity index (χ3n) is 2.27. The molecule has 4 heteroatoms. The molecule has 1 rings (SSSR count). The molecule has 1 aromatic rings. The number of halogens is 1. The van der Waals surface area contributed by atoms with Crippen LogP contribution in [0.2, 0.25) is 0 Å². The van der Waals surface area contributed by atoms with Crippen LogP contribution >= 0.6 is 0 Å². The highest BCUT2D eigenvalue weighted by molar-refractivity contribution is 5.35. The van der Waals surface area contributed by atoms with Gasteiger partial charge in [0.15, 0.2) is 11.6 Å². The summed E-state index contributed by atoms with van der Waals surface area (Å²) in [4.78, 5) is 0. The van der Waals surface area contributed by atoms with E-state index >= 15 is 0 Å². The molecule has 92 valence electrons. The van der Waals surface area contributed by atoms with Crippen LogP contribution in [-0.4, -0.2) is 12.6 Å². The van der Waals surface area contributed by atoms with Gasteiger partial charge in [0, 0.05) is 12.5 Å². The van der Waals surface area contributed by atoms with E-state index in [0.717, 1.165) is 5.56 Å². The number of benzene rings is 1. The van der Waals surface area contributed by atoms with Gasteiger partial charge in [-0.25, -0.2) is 4.39 Å². The lowest BCUT2D eigenvalue weighted by Crippen LogP contribution is -2.18. The Morgan fingerprint density at radius 1 is 1.53 bits per heavy atom. The van der Waals surface area contributed by atoms with E-state index in [-0.39, 0.29) is 17.6 Å². The van der Waals surface area contributed by atoms with E-state index in [2.05, 4.69) is 0 Å². The summed E-state index contributed by atoms with van der Waals surface area (Å²) in [5.74, 6) is -0.108. The van der Waals surface area contributed by atoms with E-state index < -0.39 is 0 Å². The monoisotopic (exact) mass is 236 g/mol. The zero-order valence-electron chi connectivity index (χ0n) is 9.95. The van der Waals surface area contributed by atoms with Gasteiger partial charge in [0.05, 0.1) is 12.7 Å². The summed E-state index contributed by atoms with van der Waals surface area (Å²) < 4.78 is 19.0. The number of nitrogens with two attached hydrogens (primary N) is 1. The van der Waals surface area contributed by atoms with Crippen LogP contribution in [0.3, 0.4) is 0 Å². The van der Waals surface area contributed by atoms with E-state index in [4.69, 9.17) is 15.7 Å². The van der Waals surface area contributed by atoms with Crippen molar-refractivity contribution in [2.24, 2.45) is 5.73 Å². The average molecular weight is 236 g/mol. The molecule has 0 fully saturated rings. The van der Waals surface area contributed by atoms with Gasteiger partial charge in [0.25, 0.3) is 0 Å². The number of ether oxygens (including phenoxy) is 1. The Morgan fingerprint density at radius 3 is 2.94 bits per heavy atom. The third kappa shape index (κ3) is 4.41. The highest BCUT2D eigenvalue weighted by atomic mass is 19.1. The molecule has 1 atom stereocenters. The Kier molecular flexibility index (Phi) is 5.44. The summed E-state index contributed by atoms with van der Waals surface area (Å²) in [6.07, 6.45) is 1.59. The maximum atomic E-state index is 13.6. The molecule has 2 N–H and O–H groups in total. The van der Waals surface area contributed by atoms with Gasteiger partial charge in [-0.15, -0.1) is 0 Å². The van der Waals surface area contributed by atoms with Crippen LogP contribution < -0.4 is 10.5 Å². The van der Waals surface area contributed by atoms with Gasteiger partial charge in [-0.1, -0.05) is 12.1 Å². The maximum Gasteiger partial charge on any atom is 0.165 e. The van der Waals surface area contributed by atoms with Crippen molar-refractivity contribution in [3.05, 3.63) is 29.6 Å². The zero-order valence-corrected chi connectivity index (χ0v) is 9.95. The predicted octanol–water partition coefficient (Wildman–Crippen LogP) is 2.40. The number of unbranched alkanes of at least 4 members (excludes halogenated alkanes) is 1. The first-order valence-corrected chi connectivity index (χ1v) is 5.68. The van der Waals surface area contributed by atoms with Crippen molar-refractivity contribution in [1.82, 2.24) is 0 Å². The summed E-state index contributed by atoms with van der Waals surface area (Å²) >= 11 is 0. The van der Waals surface area contributed by atoms with Crippen molar-refractivity contribution >= 4 is 0 Å². The number of para-hydroxylation sites is 1. The summed E-state index contributed by atoms with van der Waals surface area (Å²) in [5.41, 5.74) is 6.47. The van der Waals surface area contributed by atoms with Crippen LogP contribution in [0, 0.1) is 17.1 Å². The SMILES string of the molecule is CC(N)Cc1cccc(F)c1OCCCC#N. The summed E-state index contributed by atoms with van der Waals surface area (Å²) in [5, 5.41) is 8.40. The van der Waals surface area contributed by atoms with Crippen LogP contribution in [0.15, 0.2) is 18.2 Å². The molecule has 3 nitrogen and oxygen atoms in total. The minimum absolute atomic E-state index is 0.0433. The molecule has 1 unspecified atom stereocenters. The quantitative estimate of drug-likeness (QED) is 0.771. The molecule has 0 bridgehead atoms. The standard InChI is InChI=1S/C13H17FN2O/c1-10(16)9-11-5-4-6-12(14)13(11)17-8-3-2-7-15/h4-6,10H,2-3,8-9,16H2,1H3. The van der Waals surface area contributed by atoms with E-state index in [1.807, 2.05) is 19.1 Å². The van der Waals surface area contributed by atoms with Gasteiger partial charge >= 0.3 is 0 Å². The molecular formula is C13H17FN2O. The summed E-state index contributed by atoms with van der Waals surface area (Å²) in [6, 6.07) is 6.80. The van der Waals surface area contributed by atoms with Crippen molar-refractivity contribution in [3.63, 3.8) is 0 Å². The van der Waals surface area contributed by atoms with Crippen LogP contribution in [0.4, 0.5) is 4.39 Å². The van der Waals surface area contributed by atoms with E-state index in [0.29, 0.717) is 25.9 Å². The van der Waals surface area contributed by atoms with Gasteiger partial charge in [0.1, 0.15) is 0 Å². The first-order valence-electron chi connectivity index (χ1n) is 5.68.